The van der Waals surface area contributed by atoms with Crippen LogP contribution >= 0.6 is 0 Å². The molecular weight excluding hydrogens is 247 g/mol. The largest absolute Gasteiger partial charge is 0.481 e. The van der Waals surface area contributed by atoms with E-state index in [0.29, 0.717) is 17.0 Å². The number of ketones is 1. The fourth-order valence-electron chi connectivity index (χ4n) is 1.67. The SMILES string of the molecule is COc1cc(C(N)C(=O)c2ccc(F)cc2)ccn1. The molecule has 1 aromatic carbocycles. The average Bonchev–Trinajstić information content (AvgIpc) is 2.46. The number of methoxy groups -OCH3 is 1. The maximum atomic E-state index is 12.8. The average molecular weight is 260 g/mol. The van der Waals surface area contributed by atoms with Crippen molar-refractivity contribution in [2.75, 3.05) is 7.11 Å². The summed E-state index contributed by atoms with van der Waals surface area (Å²) in [5, 5.41) is 0. The molecule has 1 unspecified atom stereocenters. The maximum Gasteiger partial charge on any atom is 0.213 e. The van der Waals surface area contributed by atoms with Crippen molar-refractivity contribution in [2.45, 2.75) is 6.04 Å². The predicted molar refractivity (Wildman–Crippen MR) is 68.4 cm³/mol. The zero-order valence-electron chi connectivity index (χ0n) is 10.3. The van der Waals surface area contributed by atoms with Gasteiger partial charge in [-0.2, -0.15) is 0 Å². The van der Waals surface area contributed by atoms with E-state index in [9.17, 15) is 9.18 Å². The van der Waals surface area contributed by atoms with Crippen LogP contribution in [0.2, 0.25) is 0 Å². The van der Waals surface area contributed by atoms with E-state index in [2.05, 4.69) is 4.98 Å². The van der Waals surface area contributed by atoms with Gasteiger partial charge >= 0.3 is 0 Å². The van der Waals surface area contributed by atoms with Gasteiger partial charge in [-0.15, -0.1) is 0 Å². The number of nitrogens with two attached hydrogens (primary N) is 1. The second-order valence-corrected chi connectivity index (χ2v) is 3.98. The lowest BCUT2D eigenvalue weighted by Gasteiger charge is -2.11. The molecule has 0 fully saturated rings. The van der Waals surface area contributed by atoms with E-state index in [-0.39, 0.29) is 5.78 Å². The molecule has 1 aromatic heterocycles. The Morgan fingerprint density at radius 2 is 2.00 bits per heavy atom. The molecule has 0 bridgehead atoms. The van der Waals surface area contributed by atoms with Crippen LogP contribution in [-0.4, -0.2) is 17.9 Å². The molecule has 98 valence electrons. The molecule has 19 heavy (non-hydrogen) atoms. The van der Waals surface area contributed by atoms with Gasteiger partial charge < -0.3 is 10.5 Å². The third-order valence-corrected chi connectivity index (χ3v) is 2.74. The summed E-state index contributed by atoms with van der Waals surface area (Å²) in [6.45, 7) is 0. The summed E-state index contributed by atoms with van der Waals surface area (Å²) >= 11 is 0. The number of carbonyl (C=O) groups excluding carboxylic acids is 1. The highest BCUT2D eigenvalue weighted by Gasteiger charge is 2.18. The van der Waals surface area contributed by atoms with Crippen molar-refractivity contribution in [3.63, 3.8) is 0 Å². The van der Waals surface area contributed by atoms with E-state index in [1.165, 1.54) is 37.6 Å². The highest BCUT2D eigenvalue weighted by Crippen LogP contribution is 2.19. The quantitative estimate of drug-likeness (QED) is 0.855. The van der Waals surface area contributed by atoms with Crippen LogP contribution in [-0.2, 0) is 0 Å². The lowest BCUT2D eigenvalue weighted by molar-refractivity contribution is 0.0961. The van der Waals surface area contributed by atoms with Crippen LogP contribution in [0, 0.1) is 5.82 Å². The van der Waals surface area contributed by atoms with Crippen LogP contribution in [0.25, 0.3) is 0 Å². The zero-order chi connectivity index (χ0) is 13.8. The zero-order valence-corrected chi connectivity index (χ0v) is 10.3. The molecule has 0 saturated carbocycles. The molecule has 1 atom stereocenters. The first-order chi connectivity index (χ1) is 9.11. The van der Waals surface area contributed by atoms with Gasteiger partial charge in [0.15, 0.2) is 5.78 Å². The van der Waals surface area contributed by atoms with Crippen molar-refractivity contribution in [1.82, 2.24) is 4.98 Å². The second kappa shape index (κ2) is 5.58. The van der Waals surface area contributed by atoms with E-state index in [1.807, 2.05) is 0 Å². The summed E-state index contributed by atoms with van der Waals surface area (Å²) in [6.07, 6.45) is 1.52. The lowest BCUT2D eigenvalue weighted by Crippen LogP contribution is -2.21. The second-order valence-electron chi connectivity index (χ2n) is 3.98. The standard InChI is InChI=1S/C14H13FN2O2/c1-19-12-8-10(6-7-17-12)13(16)14(18)9-2-4-11(15)5-3-9/h2-8,13H,16H2,1H3. The fourth-order valence-corrected chi connectivity index (χ4v) is 1.67. The van der Waals surface area contributed by atoms with Crippen molar-refractivity contribution < 1.29 is 13.9 Å². The Labute approximate surface area is 110 Å². The molecule has 0 aliphatic rings. The minimum Gasteiger partial charge on any atom is -0.481 e. The van der Waals surface area contributed by atoms with Crippen molar-refractivity contribution >= 4 is 5.78 Å². The Balaban J connectivity index is 2.25. The fraction of sp³-hybridized carbons (Fsp3) is 0.143. The highest BCUT2D eigenvalue weighted by molar-refractivity contribution is 6.00. The molecule has 5 heteroatoms. The van der Waals surface area contributed by atoms with Crippen LogP contribution < -0.4 is 10.5 Å². The molecule has 0 radical (unpaired) electrons. The van der Waals surface area contributed by atoms with Crippen LogP contribution in [0.15, 0.2) is 42.6 Å². The van der Waals surface area contributed by atoms with Gasteiger partial charge in [-0.3, -0.25) is 4.79 Å². The van der Waals surface area contributed by atoms with Crippen LogP contribution in [0.5, 0.6) is 5.88 Å². The van der Waals surface area contributed by atoms with E-state index < -0.39 is 11.9 Å². The molecule has 0 aliphatic carbocycles. The number of hydrogen-bond donors (Lipinski definition) is 1. The Hall–Kier alpha value is -2.27. The molecule has 0 amide bonds. The maximum absolute atomic E-state index is 12.8. The molecular formula is C14H13FN2O2. The molecule has 2 N–H and O–H groups in total. The van der Waals surface area contributed by atoms with E-state index in [0.717, 1.165) is 0 Å². The third kappa shape index (κ3) is 2.95. The van der Waals surface area contributed by atoms with E-state index >= 15 is 0 Å². The summed E-state index contributed by atoms with van der Waals surface area (Å²) in [5.41, 5.74) is 6.87. The number of hydrogen-bond acceptors (Lipinski definition) is 4. The first-order valence-corrected chi connectivity index (χ1v) is 5.67. The van der Waals surface area contributed by atoms with Crippen molar-refractivity contribution in [1.29, 1.82) is 0 Å². The summed E-state index contributed by atoms with van der Waals surface area (Å²) in [7, 11) is 1.49. The Bertz CT molecular complexity index is 584. The minimum absolute atomic E-state index is 0.284. The van der Waals surface area contributed by atoms with Gasteiger partial charge in [0.2, 0.25) is 5.88 Å². The van der Waals surface area contributed by atoms with Gasteiger partial charge in [0.1, 0.15) is 5.82 Å². The van der Waals surface area contributed by atoms with Crippen LogP contribution in [0.1, 0.15) is 22.0 Å². The van der Waals surface area contributed by atoms with Gasteiger partial charge in [0.05, 0.1) is 13.2 Å². The third-order valence-electron chi connectivity index (χ3n) is 2.74. The number of nitrogens with zero attached hydrogens (tertiary/aromatic N) is 1. The van der Waals surface area contributed by atoms with E-state index in [1.54, 1.807) is 12.1 Å². The van der Waals surface area contributed by atoms with E-state index in [4.69, 9.17) is 10.5 Å². The van der Waals surface area contributed by atoms with Gasteiger partial charge in [0.25, 0.3) is 0 Å². The van der Waals surface area contributed by atoms with Gasteiger partial charge in [-0.05, 0) is 35.9 Å². The highest BCUT2D eigenvalue weighted by atomic mass is 19.1. The molecule has 0 aliphatic heterocycles. The molecule has 0 saturated heterocycles. The number of halogens is 1. The number of Topliss-reactive ketones (excluding diaryl/α,β-unsaturated/α-hetero) is 1. The smallest absolute Gasteiger partial charge is 0.213 e. The minimum atomic E-state index is -0.831. The number of ether oxygens (including phenoxy) is 1. The van der Waals surface area contributed by atoms with Crippen molar-refractivity contribution in [3.8, 4) is 5.88 Å². The summed E-state index contributed by atoms with van der Waals surface area (Å²) in [5.74, 6) is -0.288. The van der Waals surface area contributed by atoms with Gasteiger partial charge in [0, 0.05) is 17.8 Å². The Kier molecular flexibility index (Phi) is 3.87. The number of pyridine rings is 1. The van der Waals surface area contributed by atoms with Crippen LogP contribution in [0.4, 0.5) is 4.39 Å². The normalized spacial score (nSPS) is 11.9. The van der Waals surface area contributed by atoms with Gasteiger partial charge in [-0.1, -0.05) is 0 Å². The Morgan fingerprint density at radius 3 is 2.63 bits per heavy atom. The molecule has 2 rings (SSSR count). The van der Waals surface area contributed by atoms with Crippen molar-refractivity contribution in [2.24, 2.45) is 5.73 Å². The van der Waals surface area contributed by atoms with Crippen LogP contribution in [0.3, 0.4) is 0 Å². The Morgan fingerprint density at radius 1 is 1.32 bits per heavy atom. The molecule has 0 spiro atoms. The number of rotatable bonds is 4. The number of aromatic nitrogens is 1. The molecule has 4 nitrogen and oxygen atoms in total. The molecule has 1 heterocycles. The number of benzene rings is 1. The first kappa shape index (κ1) is 13.2. The lowest BCUT2D eigenvalue weighted by atomic mass is 9.99. The topological polar surface area (TPSA) is 65.2 Å². The monoisotopic (exact) mass is 260 g/mol. The van der Waals surface area contributed by atoms with Crippen molar-refractivity contribution in [3.05, 3.63) is 59.5 Å². The predicted octanol–water partition coefficient (Wildman–Crippen LogP) is 2.11. The first-order valence-electron chi connectivity index (χ1n) is 5.67. The van der Waals surface area contributed by atoms with Gasteiger partial charge in [-0.25, -0.2) is 9.37 Å². The summed E-state index contributed by atoms with van der Waals surface area (Å²) in [4.78, 5) is 16.1. The summed E-state index contributed by atoms with van der Waals surface area (Å²) < 4.78 is 17.8. The number of carbonyl (C=O) groups is 1. The summed E-state index contributed by atoms with van der Waals surface area (Å²) in [6, 6.07) is 7.70. The molecule has 2 aromatic rings.